The van der Waals surface area contributed by atoms with Crippen molar-refractivity contribution in [3.05, 3.63) is 40.7 Å². The molecule has 31 heavy (non-hydrogen) atoms. The molecule has 0 radical (unpaired) electrons. The van der Waals surface area contributed by atoms with Gasteiger partial charge in [0, 0.05) is 20.2 Å². The van der Waals surface area contributed by atoms with Gasteiger partial charge in [-0.15, -0.1) is 0 Å². The maximum atomic E-state index is 13.2. The summed E-state index contributed by atoms with van der Waals surface area (Å²) < 4.78 is 39.6. The van der Waals surface area contributed by atoms with E-state index >= 15 is 0 Å². The topological polar surface area (TPSA) is 129 Å². The van der Waals surface area contributed by atoms with Crippen LogP contribution in [0.3, 0.4) is 0 Å². The first-order chi connectivity index (χ1) is 14.6. The van der Waals surface area contributed by atoms with Gasteiger partial charge in [-0.2, -0.15) is 0 Å². The van der Waals surface area contributed by atoms with Gasteiger partial charge >= 0.3 is 0 Å². The molecule has 1 aliphatic rings. The van der Waals surface area contributed by atoms with Crippen LogP contribution in [0, 0.1) is 5.92 Å². The number of sulfonamides is 1. The number of rotatable bonds is 6. The van der Waals surface area contributed by atoms with Crippen molar-refractivity contribution in [1.82, 2.24) is 14.8 Å². The van der Waals surface area contributed by atoms with Crippen LogP contribution in [0.15, 0.2) is 35.1 Å². The molecular weight excluding hydrogens is 427 g/mol. The van der Waals surface area contributed by atoms with Gasteiger partial charge in [-0.3, -0.25) is 23.7 Å². The lowest BCUT2D eigenvalue weighted by atomic mass is 10.2. The van der Waals surface area contributed by atoms with Gasteiger partial charge in [0.25, 0.3) is 5.56 Å². The summed E-state index contributed by atoms with van der Waals surface area (Å²) in [5, 5.41) is 8.69. The fraction of sp³-hybridized carbons (Fsp3) is 0.316. The maximum Gasteiger partial charge on any atom is 0.277 e. The predicted octanol–water partition coefficient (Wildman–Crippen LogP) is 1.70. The number of nitrogens with zero attached hydrogens (tertiary/aromatic N) is 3. The van der Waals surface area contributed by atoms with E-state index in [2.05, 4.69) is 20.7 Å². The predicted molar refractivity (Wildman–Crippen MR) is 116 cm³/mol. The Morgan fingerprint density at radius 3 is 2.65 bits per heavy atom. The fourth-order valence-electron chi connectivity index (χ4n) is 3.21. The van der Waals surface area contributed by atoms with Gasteiger partial charge in [0.05, 0.1) is 29.2 Å². The highest BCUT2D eigenvalue weighted by molar-refractivity contribution is 7.92. The van der Waals surface area contributed by atoms with Crippen LogP contribution in [0.5, 0.6) is 0 Å². The second kappa shape index (κ2) is 7.38. The smallest absolute Gasteiger partial charge is 0.277 e. The quantitative estimate of drug-likeness (QED) is 0.526. The van der Waals surface area contributed by atoms with Crippen LogP contribution in [-0.4, -0.2) is 48.6 Å². The molecule has 2 aromatic heterocycles. The van der Waals surface area contributed by atoms with Crippen LogP contribution < -0.4 is 20.5 Å². The average Bonchev–Trinajstić information content (AvgIpc) is 3.36. The van der Waals surface area contributed by atoms with Crippen molar-refractivity contribution in [2.75, 3.05) is 28.2 Å². The van der Waals surface area contributed by atoms with E-state index in [1.54, 1.807) is 24.3 Å². The Bertz CT molecular complexity index is 1350. The molecule has 1 aliphatic carbocycles. The number of nitrogens with one attached hydrogen (secondary N) is 3. The van der Waals surface area contributed by atoms with E-state index in [-0.39, 0.29) is 28.8 Å². The molecule has 1 saturated carbocycles. The van der Waals surface area contributed by atoms with Gasteiger partial charge in [0.15, 0.2) is 5.65 Å². The first kappa shape index (κ1) is 20.8. The first-order valence-electron chi connectivity index (χ1n) is 9.41. The number of amides is 1. The number of carbonyl (C=O) groups is 1. The van der Waals surface area contributed by atoms with E-state index in [1.165, 1.54) is 24.8 Å². The van der Waals surface area contributed by atoms with Crippen LogP contribution >= 0.6 is 0 Å². The number of pyridine rings is 1. The third kappa shape index (κ3) is 3.98. The number of aromatic amines is 1. The highest BCUT2D eigenvalue weighted by Crippen LogP contribution is 2.36. The molecule has 4 rings (SSSR count). The Morgan fingerprint density at radius 1 is 1.32 bits per heavy atom. The standard InChI is InChI=1S/C19H21FN6O4S/c1-25-19(28)16-13(21-12-6-4-5-7-14(12)26(2)31(3,29)30)9-15(22-17(16)24-25)23-18(27)10-8-11(10)20/h4-7,9-11H,8H2,1-3H3,(H3,21,22,23,24,27)/t10-,11+/m1/s1. The Morgan fingerprint density at radius 2 is 2.00 bits per heavy atom. The van der Waals surface area contributed by atoms with Crippen molar-refractivity contribution < 1.29 is 17.6 Å². The summed E-state index contributed by atoms with van der Waals surface area (Å²) in [6, 6.07) is 8.15. The van der Waals surface area contributed by atoms with Gasteiger partial charge < -0.3 is 10.6 Å². The van der Waals surface area contributed by atoms with Gasteiger partial charge in [-0.25, -0.2) is 17.8 Å². The fourth-order valence-corrected chi connectivity index (χ4v) is 3.73. The largest absolute Gasteiger partial charge is 0.353 e. The molecule has 3 N–H and O–H groups in total. The number of hydrogen-bond acceptors (Lipinski definition) is 6. The summed E-state index contributed by atoms with van der Waals surface area (Å²) >= 11 is 0. The molecule has 0 bridgehead atoms. The number of carbonyl (C=O) groups excluding carboxylic acids is 1. The van der Waals surface area contributed by atoms with Crippen LogP contribution in [0.2, 0.25) is 0 Å². The zero-order valence-corrected chi connectivity index (χ0v) is 17.8. The average molecular weight is 448 g/mol. The lowest BCUT2D eigenvalue weighted by molar-refractivity contribution is -0.117. The molecule has 0 aliphatic heterocycles. The van der Waals surface area contributed by atoms with Crippen LogP contribution in [0.1, 0.15) is 6.42 Å². The minimum absolute atomic E-state index is 0.134. The van der Waals surface area contributed by atoms with E-state index in [1.807, 2.05) is 0 Å². The minimum Gasteiger partial charge on any atom is -0.353 e. The number of benzene rings is 1. The van der Waals surface area contributed by atoms with Crippen LogP contribution in [0.25, 0.3) is 11.0 Å². The molecule has 3 aromatic rings. The number of hydrogen-bond donors (Lipinski definition) is 3. The Hall–Kier alpha value is -3.41. The lowest BCUT2D eigenvalue weighted by Crippen LogP contribution is -2.25. The third-order valence-corrected chi connectivity index (χ3v) is 6.31. The maximum absolute atomic E-state index is 13.2. The summed E-state index contributed by atoms with van der Waals surface area (Å²) in [6.45, 7) is 0. The molecular formula is C19H21FN6O4S. The number of fused-ring (bicyclic) bond motifs is 1. The molecule has 2 atom stereocenters. The summed E-state index contributed by atoms with van der Waals surface area (Å²) in [5.41, 5.74) is 0.960. The number of alkyl halides is 1. The van der Waals surface area contributed by atoms with Gasteiger partial charge in [-0.05, 0) is 18.6 Å². The zero-order chi connectivity index (χ0) is 22.5. The Labute approximate surface area is 177 Å². The van der Waals surface area contributed by atoms with Crippen LogP contribution in [-0.2, 0) is 21.9 Å². The monoisotopic (exact) mass is 448 g/mol. The first-order valence-corrected chi connectivity index (χ1v) is 11.3. The summed E-state index contributed by atoms with van der Waals surface area (Å²) in [6.07, 6.45) is 0.100. The highest BCUT2D eigenvalue weighted by atomic mass is 32.2. The molecule has 2 heterocycles. The van der Waals surface area contributed by atoms with E-state index in [0.29, 0.717) is 17.1 Å². The molecule has 10 nitrogen and oxygen atoms in total. The number of halogens is 1. The molecule has 1 aromatic carbocycles. The van der Waals surface area contributed by atoms with Crippen LogP contribution in [0.4, 0.5) is 27.3 Å². The van der Waals surface area contributed by atoms with Crippen molar-refractivity contribution in [2.24, 2.45) is 13.0 Å². The number of H-pyrrole nitrogens is 1. The number of para-hydroxylation sites is 2. The van der Waals surface area contributed by atoms with Crippen molar-refractivity contribution in [2.45, 2.75) is 12.6 Å². The number of aromatic nitrogens is 3. The molecule has 1 amide bonds. The number of aryl methyl sites for hydroxylation is 1. The lowest BCUT2D eigenvalue weighted by Gasteiger charge is -2.21. The summed E-state index contributed by atoms with van der Waals surface area (Å²) in [7, 11) is -0.591. The SMILES string of the molecule is CN(c1ccccc1Nc1cc(NC(=O)[C@@H]2C[C@@H]2F)nc2[nH]n(C)c(=O)c12)S(C)(=O)=O. The third-order valence-electron chi connectivity index (χ3n) is 5.12. The van der Waals surface area contributed by atoms with Gasteiger partial charge in [0.1, 0.15) is 17.4 Å². The molecule has 164 valence electrons. The number of anilines is 4. The van der Waals surface area contributed by atoms with Crippen molar-refractivity contribution in [3.8, 4) is 0 Å². The van der Waals surface area contributed by atoms with Gasteiger partial charge in [0.2, 0.25) is 15.9 Å². The van der Waals surface area contributed by atoms with E-state index in [0.717, 1.165) is 10.6 Å². The molecule has 1 fully saturated rings. The van der Waals surface area contributed by atoms with Crippen molar-refractivity contribution in [1.29, 1.82) is 0 Å². The summed E-state index contributed by atoms with van der Waals surface area (Å²) in [5.74, 6) is -1.05. The normalized spacial score (nSPS) is 18.1. The second-order valence-electron chi connectivity index (χ2n) is 7.47. The van der Waals surface area contributed by atoms with E-state index in [9.17, 15) is 22.4 Å². The van der Waals surface area contributed by atoms with Gasteiger partial charge in [-0.1, -0.05) is 12.1 Å². The molecule has 0 spiro atoms. The van der Waals surface area contributed by atoms with Crippen molar-refractivity contribution in [3.63, 3.8) is 0 Å². The Kier molecular flexibility index (Phi) is 4.96. The van der Waals surface area contributed by atoms with E-state index < -0.39 is 28.0 Å². The van der Waals surface area contributed by atoms with E-state index in [4.69, 9.17) is 0 Å². The Balaban J connectivity index is 1.78. The zero-order valence-electron chi connectivity index (χ0n) is 17.0. The second-order valence-corrected chi connectivity index (χ2v) is 9.49. The minimum atomic E-state index is -3.53. The highest BCUT2D eigenvalue weighted by Gasteiger charge is 2.43. The van der Waals surface area contributed by atoms with Crippen molar-refractivity contribution >= 4 is 49.8 Å². The molecule has 0 unspecified atom stereocenters. The molecule has 12 heteroatoms. The summed E-state index contributed by atoms with van der Waals surface area (Å²) in [4.78, 5) is 29.0. The molecule has 0 saturated heterocycles.